The van der Waals surface area contributed by atoms with Crippen LogP contribution in [0.2, 0.25) is 10.0 Å². The van der Waals surface area contributed by atoms with E-state index in [9.17, 15) is 0 Å². The van der Waals surface area contributed by atoms with Crippen LogP contribution >= 0.6 is 23.2 Å². The van der Waals surface area contributed by atoms with Gasteiger partial charge in [-0.1, -0.05) is 29.3 Å². The van der Waals surface area contributed by atoms with Crippen molar-refractivity contribution >= 4 is 28.9 Å². The van der Waals surface area contributed by atoms with Gasteiger partial charge in [0.25, 0.3) is 0 Å². The van der Waals surface area contributed by atoms with Crippen molar-refractivity contribution in [2.24, 2.45) is 0 Å². The van der Waals surface area contributed by atoms with E-state index in [2.05, 4.69) is 11.0 Å². The molecule has 1 aromatic carbocycles. The summed E-state index contributed by atoms with van der Waals surface area (Å²) in [5, 5.41) is 1.34. The minimum atomic E-state index is 0.664. The first-order valence-electron chi connectivity index (χ1n) is 6.19. The molecule has 0 N–H and O–H groups in total. The quantitative estimate of drug-likeness (QED) is 0.730. The largest absolute Gasteiger partial charge is 0.371 e. The molecule has 0 atom stereocenters. The summed E-state index contributed by atoms with van der Waals surface area (Å²) in [7, 11) is 0. The van der Waals surface area contributed by atoms with Crippen LogP contribution in [0.1, 0.15) is 30.4 Å². The molecule has 0 amide bonds. The summed E-state index contributed by atoms with van der Waals surface area (Å²) in [5.74, 6) is 0. The van der Waals surface area contributed by atoms with Gasteiger partial charge in [-0.05, 0) is 43.4 Å². The summed E-state index contributed by atoms with van der Waals surface area (Å²) in [6.45, 7) is 2.34. The van der Waals surface area contributed by atoms with Crippen LogP contribution in [0.5, 0.6) is 0 Å². The Bertz CT molecular complexity index is 473. The normalized spacial score (nSPS) is 19.2. The molecule has 0 saturated carbocycles. The zero-order chi connectivity index (χ0) is 11.8. The fraction of sp³-hybridized carbons (Fsp3) is 0.429. The molecule has 17 heavy (non-hydrogen) atoms. The Morgan fingerprint density at radius 2 is 1.71 bits per heavy atom. The van der Waals surface area contributed by atoms with E-state index in [4.69, 9.17) is 23.2 Å². The number of benzene rings is 1. The Morgan fingerprint density at radius 1 is 1.00 bits per heavy atom. The fourth-order valence-corrected chi connectivity index (χ4v) is 3.12. The number of aryl methyl sites for hydroxylation is 1. The molecule has 1 nitrogen and oxygen atoms in total. The second-order valence-electron chi connectivity index (χ2n) is 4.75. The number of fused-ring (bicyclic) bond motifs is 1. The van der Waals surface area contributed by atoms with Gasteiger partial charge in [0.2, 0.25) is 0 Å². The highest BCUT2D eigenvalue weighted by Crippen LogP contribution is 2.36. The number of nitrogens with zero attached hydrogens (tertiary/aromatic N) is 1. The lowest BCUT2D eigenvalue weighted by molar-refractivity contribution is 0.489. The van der Waals surface area contributed by atoms with Crippen LogP contribution < -0.4 is 0 Å². The molecule has 0 unspecified atom stereocenters. The molecule has 1 aliphatic heterocycles. The number of allylic oxidation sites excluding steroid dienone is 1. The summed E-state index contributed by atoms with van der Waals surface area (Å²) in [6, 6.07) is 4.06. The van der Waals surface area contributed by atoms with E-state index in [0.29, 0.717) is 10.0 Å². The Kier molecular flexibility index (Phi) is 3.06. The van der Waals surface area contributed by atoms with Gasteiger partial charge in [-0.3, -0.25) is 0 Å². The van der Waals surface area contributed by atoms with Gasteiger partial charge in [-0.2, -0.15) is 0 Å². The maximum Gasteiger partial charge on any atom is 0.0599 e. The fourth-order valence-electron chi connectivity index (χ4n) is 2.77. The van der Waals surface area contributed by atoms with Crippen molar-refractivity contribution in [3.63, 3.8) is 0 Å². The SMILES string of the molecule is Clc1cc2c(cc1Cl)C(N1CCCC1)=CCC2. The molecule has 0 bridgehead atoms. The van der Waals surface area contributed by atoms with E-state index in [-0.39, 0.29) is 0 Å². The standard InChI is InChI=1S/C14H15Cl2N/c15-12-8-10-4-3-5-14(11(10)9-13(12)16)17-6-1-2-7-17/h5,8-9H,1-4,6-7H2. The molecule has 1 fully saturated rings. The van der Waals surface area contributed by atoms with Crippen LogP contribution in [0.3, 0.4) is 0 Å². The van der Waals surface area contributed by atoms with Crippen molar-refractivity contribution in [2.75, 3.05) is 13.1 Å². The summed E-state index contributed by atoms with van der Waals surface area (Å²) in [5.41, 5.74) is 3.98. The number of likely N-dealkylation sites (tertiary alicyclic amines) is 1. The lowest BCUT2D eigenvalue weighted by atomic mass is 9.94. The van der Waals surface area contributed by atoms with Crippen LogP contribution in [0.4, 0.5) is 0 Å². The molecule has 1 saturated heterocycles. The molecule has 1 aromatic rings. The summed E-state index contributed by atoms with van der Waals surface area (Å²) < 4.78 is 0. The second kappa shape index (κ2) is 4.55. The zero-order valence-electron chi connectivity index (χ0n) is 9.68. The predicted octanol–water partition coefficient (Wildman–Crippen LogP) is 4.38. The van der Waals surface area contributed by atoms with E-state index in [1.165, 1.54) is 42.8 Å². The summed E-state index contributed by atoms with van der Waals surface area (Å²) in [6.07, 6.45) is 7.13. The molecule has 3 heteroatoms. The van der Waals surface area contributed by atoms with E-state index < -0.39 is 0 Å². The van der Waals surface area contributed by atoms with Crippen LogP contribution in [-0.4, -0.2) is 18.0 Å². The average molecular weight is 268 g/mol. The Labute approximate surface area is 112 Å². The van der Waals surface area contributed by atoms with Crippen molar-refractivity contribution in [3.05, 3.63) is 39.4 Å². The summed E-state index contributed by atoms with van der Waals surface area (Å²) in [4.78, 5) is 2.47. The lowest BCUT2D eigenvalue weighted by Gasteiger charge is -2.27. The average Bonchev–Trinajstić information content (AvgIpc) is 2.83. The minimum absolute atomic E-state index is 0.664. The zero-order valence-corrected chi connectivity index (χ0v) is 11.2. The highest BCUT2D eigenvalue weighted by Gasteiger charge is 2.21. The number of rotatable bonds is 1. The Hall–Kier alpha value is -0.660. The van der Waals surface area contributed by atoms with Gasteiger partial charge in [-0.25, -0.2) is 0 Å². The topological polar surface area (TPSA) is 3.24 Å². The lowest BCUT2D eigenvalue weighted by Crippen LogP contribution is -2.20. The third kappa shape index (κ3) is 2.07. The van der Waals surface area contributed by atoms with Crippen LogP contribution in [-0.2, 0) is 6.42 Å². The summed E-state index contributed by atoms with van der Waals surface area (Å²) >= 11 is 12.2. The van der Waals surface area contributed by atoms with Gasteiger partial charge in [0.15, 0.2) is 0 Å². The molecule has 0 spiro atoms. The Morgan fingerprint density at radius 3 is 2.47 bits per heavy atom. The second-order valence-corrected chi connectivity index (χ2v) is 5.56. The van der Waals surface area contributed by atoms with Gasteiger partial charge < -0.3 is 4.90 Å². The van der Waals surface area contributed by atoms with Crippen molar-refractivity contribution in [3.8, 4) is 0 Å². The van der Waals surface area contributed by atoms with Gasteiger partial charge >= 0.3 is 0 Å². The van der Waals surface area contributed by atoms with Gasteiger partial charge in [0.1, 0.15) is 0 Å². The number of halogens is 2. The van der Waals surface area contributed by atoms with E-state index in [1.807, 2.05) is 12.1 Å². The molecule has 1 aliphatic carbocycles. The smallest absolute Gasteiger partial charge is 0.0599 e. The molecular weight excluding hydrogens is 253 g/mol. The number of hydrogen-bond acceptors (Lipinski definition) is 1. The van der Waals surface area contributed by atoms with Crippen LogP contribution in [0.15, 0.2) is 18.2 Å². The van der Waals surface area contributed by atoms with Crippen molar-refractivity contribution < 1.29 is 0 Å². The Balaban J connectivity index is 2.03. The third-order valence-corrected chi connectivity index (χ3v) is 4.34. The molecule has 3 rings (SSSR count). The van der Waals surface area contributed by atoms with Crippen LogP contribution in [0, 0.1) is 0 Å². The first-order chi connectivity index (χ1) is 8.25. The highest BCUT2D eigenvalue weighted by atomic mass is 35.5. The molecule has 2 aliphatic rings. The number of hydrogen-bond donors (Lipinski definition) is 0. The molecule has 90 valence electrons. The maximum absolute atomic E-state index is 6.14. The predicted molar refractivity (Wildman–Crippen MR) is 73.6 cm³/mol. The monoisotopic (exact) mass is 267 g/mol. The first-order valence-corrected chi connectivity index (χ1v) is 6.95. The van der Waals surface area contributed by atoms with Crippen LogP contribution in [0.25, 0.3) is 5.70 Å². The first kappa shape index (κ1) is 11.4. The maximum atomic E-state index is 6.14. The van der Waals surface area contributed by atoms with Gasteiger partial charge in [0, 0.05) is 24.4 Å². The molecule has 1 heterocycles. The highest BCUT2D eigenvalue weighted by molar-refractivity contribution is 6.42. The van der Waals surface area contributed by atoms with E-state index in [0.717, 1.165) is 12.8 Å². The minimum Gasteiger partial charge on any atom is -0.371 e. The van der Waals surface area contributed by atoms with Crippen molar-refractivity contribution in [1.82, 2.24) is 4.90 Å². The van der Waals surface area contributed by atoms with Crippen molar-refractivity contribution in [1.29, 1.82) is 0 Å². The van der Waals surface area contributed by atoms with Gasteiger partial charge in [0.05, 0.1) is 10.0 Å². The van der Waals surface area contributed by atoms with E-state index >= 15 is 0 Å². The van der Waals surface area contributed by atoms with E-state index in [1.54, 1.807) is 0 Å². The molecular formula is C14H15Cl2N. The molecule has 0 radical (unpaired) electrons. The third-order valence-electron chi connectivity index (χ3n) is 3.62. The van der Waals surface area contributed by atoms with Crippen molar-refractivity contribution in [2.45, 2.75) is 25.7 Å². The van der Waals surface area contributed by atoms with Gasteiger partial charge in [-0.15, -0.1) is 0 Å². The molecule has 0 aromatic heterocycles.